The van der Waals surface area contributed by atoms with Gasteiger partial charge < -0.3 is 0 Å². The van der Waals surface area contributed by atoms with Gasteiger partial charge in [0.1, 0.15) is 0 Å². The molecule has 0 bridgehead atoms. The van der Waals surface area contributed by atoms with E-state index in [1.54, 1.807) is 0 Å². The van der Waals surface area contributed by atoms with Gasteiger partial charge in [0.25, 0.3) is 0 Å². The van der Waals surface area contributed by atoms with E-state index < -0.39 is 0 Å². The van der Waals surface area contributed by atoms with Gasteiger partial charge in [-0.25, -0.2) is 0 Å². The fourth-order valence-electron chi connectivity index (χ4n) is 1.46. The van der Waals surface area contributed by atoms with Crippen molar-refractivity contribution in [3.63, 3.8) is 0 Å². The molecule has 0 aromatic rings. The molecule has 3 rings (SSSR count). The third-order valence-corrected chi connectivity index (χ3v) is 13.6. The van der Waals surface area contributed by atoms with E-state index in [0.29, 0.717) is 53.0 Å². The molecule has 0 unspecified atom stereocenters. The molecular formula is C7H5ClN3Se4. The number of nitrogens with zero attached hydrogens (tertiary/aromatic N) is 3. The van der Waals surface area contributed by atoms with Crippen LogP contribution in [0.15, 0.2) is 23.8 Å². The van der Waals surface area contributed by atoms with Crippen molar-refractivity contribution in [3.8, 4) is 0 Å². The fourth-order valence-corrected chi connectivity index (χ4v) is 14.7. The van der Waals surface area contributed by atoms with Crippen molar-refractivity contribution < 1.29 is 0 Å². The second-order valence-corrected chi connectivity index (χ2v) is 13.9. The molecule has 79 valence electrons. The van der Waals surface area contributed by atoms with Crippen LogP contribution in [0.3, 0.4) is 0 Å². The van der Waals surface area contributed by atoms with Crippen LogP contribution in [0.2, 0.25) is 0 Å². The zero-order chi connectivity index (χ0) is 10.4. The molecule has 3 nitrogen and oxygen atoms in total. The van der Waals surface area contributed by atoms with Gasteiger partial charge in [0.05, 0.1) is 0 Å². The topological polar surface area (TPSA) is 29.7 Å². The summed E-state index contributed by atoms with van der Waals surface area (Å²) in [6.07, 6.45) is 0. The van der Waals surface area contributed by atoms with E-state index in [0.717, 1.165) is 23.2 Å². The Kier molecular flexibility index (Phi) is 3.30. The first-order valence-electron chi connectivity index (χ1n) is 4.21. The van der Waals surface area contributed by atoms with Gasteiger partial charge in [-0.1, -0.05) is 0 Å². The molecule has 3 aliphatic heterocycles. The quantitative estimate of drug-likeness (QED) is 0.462. The molecule has 0 aliphatic carbocycles. The minimum atomic E-state index is 0.420. The van der Waals surface area contributed by atoms with Crippen LogP contribution in [0.4, 0.5) is 0 Å². The number of likely N-dealkylation sites (N-methyl/N-ethyl adjacent to an activating group) is 1. The standard InChI is InChI=1S/C7H5ClN3Se4/c1-2-11-6-4(12-14-9-6)3(8)5-7(11)10-15-13-5/h2H2,1H3. The second-order valence-electron chi connectivity index (χ2n) is 2.86. The van der Waals surface area contributed by atoms with Crippen molar-refractivity contribution in [2.24, 2.45) is 4.01 Å². The zero-order valence-corrected chi connectivity index (χ0v) is 15.2. The molecule has 8 heteroatoms. The minimum absolute atomic E-state index is 0.420. The number of allylic oxidation sites excluding steroid dienone is 2. The monoisotopic (exact) mass is 486 g/mol. The van der Waals surface area contributed by atoms with Gasteiger partial charge in [0, 0.05) is 0 Å². The Hall–Kier alpha value is 1.12. The molecule has 0 saturated carbocycles. The summed E-state index contributed by atoms with van der Waals surface area (Å²) >= 11 is 8.31. The summed E-state index contributed by atoms with van der Waals surface area (Å²) in [5.74, 6) is 2.28. The van der Waals surface area contributed by atoms with E-state index in [4.69, 9.17) is 11.6 Å². The summed E-state index contributed by atoms with van der Waals surface area (Å²) in [5, 5.41) is 1.01. The number of fused-ring (bicyclic) bond motifs is 1. The van der Waals surface area contributed by atoms with Gasteiger partial charge in [0.2, 0.25) is 0 Å². The predicted molar refractivity (Wildman–Crippen MR) is 64.9 cm³/mol. The predicted octanol–water partition coefficient (Wildman–Crippen LogP) is -0.552. The number of hydrogen-bond acceptors (Lipinski definition) is 2. The molecular weight excluding hydrogens is 477 g/mol. The summed E-state index contributed by atoms with van der Waals surface area (Å²) in [6.45, 7) is 3.13. The average Bonchev–Trinajstić information content (AvgIpc) is 2.85. The Balaban J connectivity index is 2.14. The number of amidine groups is 1. The van der Waals surface area contributed by atoms with E-state index in [2.05, 4.69) is 20.2 Å². The maximum atomic E-state index is 6.45. The Morgan fingerprint density at radius 1 is 1.27 bits per heavy atom. The molecule has 0 amide bonds. The molecule has 15 heavy (non-hydrogen) atoms. The summed E-state index contributed by atoms with van der Waals surface area (Å²) in [4.78, 5) is 2.27. The van der Waals surface area contributed by atoms with Gasteiger partial charge in [-0.2, -0.15) is 0 Å². The maximum absolute atomic E-state index is 6.45. The molecule has 0 aromatic heterocycles. The molecule has 0 saturated heterocycles. The normalized spacial score (nSPS) is 24.1. The van der Waals surface area contributed by atoms with E-state index in [1.165, 1.54) is 8.94 Å². The summed E-state index contributed by atoms with van der Waals surface area (Å²) in [5.41, 5.74) is 0. The zero-order valence-electron chi connectivity index (χ0n) is 7.56. The molecule has 0 aromatic carbocycles. The first-order chi connectivity index (χ1) is 7.33. The third kappa shape index (κ3) is 1.70. The van der Waals surface area contributed by atoms with Crippen LogP contribution in [-0.2, 0) is 0 Å². The first-order valence-corrected chi connectivity index (χ1v) is 16.5. The van der Waals surface area contributed by atoms with Crippen molar-refractivity contribution in [1.29, 1.82) is 0 Å². The van der Waals surface area contributed by atoms with Crippen LogP contribution in [0, 0.1) is 0 Å². The van der Waals surface area contributed by atoms with Gasteiger partial charge in [0.15, 0.2) is 0 Å². The first kappa shape index (κ1) is 11.2. The fraction of sp³-hybridized carbons (Fsp3) is 0.286. The van der Waals surface area contributed by atoms with E-state index in [9.17, 15) is 0 Å². The molecule has 0 spiro atoms. The molecule has 3 aliphatic rings. The average molecular weight is 482 g/mol. The molecule has 0 N–H and O–H groups in total. The summed E-state index contributed by atoms with van der Waals surface area (Å²) in [7, 11) is 0. The molecule has 3 heterocycles. The number of rotatable bonds is 1. The van der Waals surface area contributed by atoms with Gasteiger partial charge in [-0.15, -0.1) is 0 Å². The SMILES string of the molecule is CCN1C2=N[Se][Se]C2=C(Cl)C2=C1[N][Se][Se]2. The Bertz CT molecular complexity index is 416. The van der Waals surface area contributed by atoms with Gasteiger partial charge in [-0.05, 0) is 0 Å². The van der Waals surface area contributed by atoms with Gasteiger partial charge in [-0.3, -0.25) is 0 Å². The van der Waals surface area contributed by atoms with Crippen LogP contribution >= 0.6 is 11.6 Å². The van der Waals surface area contributed by atoms with Crippen LogP contribution in [-0.4, -0.2) is 70.2 Å². The summed E-state index contributed by atoms with van der Waals surface area (Å²) in [6, 6.07) is 0. The van der Waals surface area contributed by atoms with Crippen molar-refractivity contribution in [3.05, 3.63) is 19.8 Å². The number of halogens is 1. The number of hydrogen-bond donors (Lipinski definition) is 0. The van der Waals surface area contributed by atoms with Crippen LogP contribution in [0.1, 0.15) is 6.92 Å². The summed E-state index contributed by atoms with van der Waals surface area (Å²) < 4.78 is 12.0. The van der Waals surface area contributed by atoms with E-state index in [1.807, 2.05) is 0 Å². The molecule has 0 fully saturated rings. The molecule has 0 atom stereocenters. The Labute approximate surface area is 116 Å². The van der Waals surface area contributed by atoms with Crippen LogP contribution in [0.25, 0.3) is 0 Å². The molecule has 1 radical (unpaired) electrons. The van der Waals surface area contributed by atoms with E-state index >= 15 is 0 Å². The Morgan fingerprint density at radius 2 is 2.07 bits per heavy atom. The third-order valence-electron chi connectivity index (χ3n) is 2.12. The van der Waals surface area contributed by atoms with Crippen LogP contribution < -0.4 is 4.33 Å². The Morgan fingerprint density at radius 3 is 2.87 bits per heavy atom. The second kappa shape index (κ2) is 4.42. The van der Waals surface area contributed by atoms with Crippen molar-refractivity contribution >= 4 is 70.4 Å². The van der Waals surface area contributed by atoms with Crippen molar-refractivity contribution in [2.45, 2.75) is 6.92 Å². The van der Waals surface area contributed by atoms with Crippen molar-refractivity contribution in [2.75, 3.05) is 6.54 Å². The van der Waals surface area contributed by atoms with Crippen molar-refractivity contribution in [1.82, 2.24) is 9.23 Å². The van der Waals surface area contributed by atoms with E-state index in [-0.39, 0.29) is 0 Å². The van der Waals surface area contributed by atoms with Crippen LogP contribution in [0.5, 0.6) is 0 Å². The van der Waals surface area contributed by atoms with Gasteiger partial charge >= 0.3 is 117 Å².